The number of nitro benzene ring substituents is 1. The summed E-state index contributed by atoms with van der Waals surface area (Å²) in [7, 11) is 1.58. The van der Waals surface area contributed by atoms with Gasteiger partial charge in [-0.05, 0) is 22.4 Å². The van der Waals surface area contributed by atoms with Crippen LogP contribution in [0.4, 0.5) is 5.69 Å². The van der Waals surface area contributed by atoms with Crippen LogP contribution in [0.2, 0.25) is 0 Å². The van der Waals surface area contributed by atoms with Gasteiger partial charge in [-0.2, -0.15) is 11.3 Å². The van der Waals surface area contributed by atoms with Crippen molar-refractivity contribution in [2.24, 2.45) is 0 Å². The molecule has 0 unspecified atom stereocenters. The van der Waals surface area contributed by atoms with E-state index in [0.29, 0.717) is 6.54 Å². The fourth-order valence-corrected chi connectivity index (χ4v) is 3.11. The first kappa shape index (κ1) is 18.6. The van der Waals surface area contributed by atoms with Crippen LogP contribution in [-0.4, -0.2) is 48.6 Å². The summed E-state index contributed by atoms with van der Waals surface area (Å²) in [6, 6.07) is 4.21. The Kier molecular flexibility index (Phi) is 5.55. The Labute approximate surface area is 158 Å². The van der Waals surface area contributed by atoms with Crippen LogP contribution in [0.5, 0.6) is 11.5 Å². The van der Waals surface area contributed by atoms with Gasteiger partial charge in [-0.25, -0.2) is 4.79 Å². The predicted octanol–water partition coefficient (Wildman–Crippen LogP) is 2.24. The first-order valence-corrected chi connectivity index (χ1v) is 8.90. The molecule has 1 aromatic heterocycles. The number of hydrogen-bond donors (Lipinski definition) is 0. The topological polar surface area (TPSA) is 108 Å². The van der Waals surface area contributed by atoms with Crippen LogP contribution in [-0.2, 0) is 16.1 Å². The summed E-state index contributed by atoms with van der Waals surface area (Å²) in [4.78, 5) is 36.4. The second kappa shape index (κ2) is 8.04. The van der Waals surface area contributed by atoms with Crippen LogP contribution in [0.1, 0.15) is 15.9 Å². The maximum atomic E-state index is 12.3. The Hall–Kier alpha value is -3.14. The molecule has 9 nitrogen and oxygen atoms in total. The van der Waals surface area contributed by atoms with Gasteiger partial charge in [-0.1, -0.05) is 0 Å². The lowest BCUT2D eigenvalue weighted by Crippen LogP contribution is -2.30. The number of thiophene rings is 1. The van der Waals surface area contributed by atoms with Crippen LogP contribution in [0.25, 0.3) is 0 Å². The summed E-state index contributed by atoms with van der Waals surface area (Å²) in [5.41, 5.74) is 0.200. The summed E-state index contributed by atoms with van der Waals surface area (Å²) in [6.45, 7) is 0.388. The number of nitrogens with zero attached hydrogens (tertiary/aromatic N) is 2. The number of esters is 1. The van der Waals surface area contributed by atoms with E-state index >= 15 is 0 Å². The normalized spacial score (nSPS) is 12.3. The largest absolute Gasteiger partial charge is 0.486 e. The zero-order valence-corrected chi connectivity index (χ0v) is 15.2. The van der Waals surface area contributed by atoms with Crippen molar-refractivity contribution < 1.29 is 28.7 Å². The maximum absolute atomic E-state index is 12.3. The minimum atomic E-state index is -0.976. The van der Waals surface area contributed by atoms with Crippen molar-refractivity contribution in [3.63, 3.8) is 0 Å². The molecule has 1 aromatic carbocycles. The summed E-state index contributed by atoms with van der Waals surface area (Å²) >= 11 is 1.52. The van der Waals surface area contributed by atoms with Crippen LogP contribution in [0.15, 0.2) is 29.0 Å². The van der Waals surface area contributed by atoms with E-state index in [9.17, 15) is 19.7 Å². The van der Waals surface area contributed by atoms with E-state index in [4.69, 9.17) is 14.2 Å². The lowest BCUT2D eigenvalue weighted by atomic mass is 10.1. The maximum Gasteiger partial charge on any atom is 0.345 e. The van der Waals surface area contributed by atoms with Crippen LogP contribution in [0, 0.1) is 10.1 Å². The van der Waals surface area contributed by atoms with Crippen molar-refractivity contribution in [3.8, 4) is 11.5 Å². The minimum Gasteiger partial charge on any atom is -0.486 e. The SMILES string of the molecule is CN(Cc1ccsc1)C(=O)COC(=O)c1cc2c(cc1[N+](=O)[O-])OCCO2. The zero-order chi connectivity index (χ0) is 19.4. The first-order chi connectivity index (χ1) is 13.0. The summed E-state index contributed by atoms with van der Waals surface area (Å²) in [5.74, 6) is -0.985. The Morgan fingerprint density at radius 1 is 1.30 bits per heavy atom. The molecule has 142 valence electrons. The van der Waals surface area contributed by atoms with Gasteiger partial charge in [0.15, 0.2) is 18.1 Å². The van der Waals surface area contributed by atoms with Crippen molar-refractivity contribution in [2.75, 3.05) is 26.9 Å². The lowest BCUT2D eigenvalue weighted by Gasteiger charge is -2.19. The van der Waals surface area contributed by atoms with Crippen molar-refractivity contribution in [3.05, 3.63) is 50.2 Å². The molecule has 1 aliphatic rings. The number of fused-ring (bicyclic) bond motifs is 1. The summed E-state index contributed by atoms with van der Waals surface area (Å²) in [5, 5.41) is 15.1. The molecular formula is C17H16N2O7S. The number of amides is 1. The molecule has 0 saturated heterocycles. The van der Waals surface area contributed by atoms with Gasteiger partial charge in [0.2, 0.25) is 0 Å². The average Bonchev–Trinajstić information content (AvgIpc) is 3.17. The summed E-state index contributed by atoms with van der Waals surface area (Å²) in [6.07, 6.45) is 0. The van der Waals surface area contributed by atoms with Crippen LogP contribution in [0.3, 0.4) is 0 Å². The Balaban J connectivity index is 1.68. The van der Waals surface area contributed by atoms with E-state index in [1.807, 2.05) is 16.8 Å². The highest BCUT2D eigenvalue weighted by Crippen LogP contribution is 2.36. The highest BCUT2D eigenvalue weighted by Gasteiger charge is 2.28. The average molecular weight is 392 g/mol. The molecule has 2 aromatic rings. The minimum absolute atomic E-state index is 0.191. The van der Waals surface area contributed by atoms with Gasteiger partial charge < -0.3 is 19.1 Å². The van der Waals surface area contributed by atoms with Gasteiger partial charge in [0, 0.05) is 19.7 Å². The van der Waals surface area contributed by atoms with Gasteiger partial charge >= 0.3 is 5.97 Å². The monoisotopic (exact) mass is 392 g/mol. The fraction of sp³-hybridized carbons (Fsp3) is 0.294. The second-order valence-electron chi connectivity index (χ2n) is 5.73. The number of carbonyl (C=O) groups is 2. The Bertz CT molecular complexity index is 866. The van der Waals surface area contributed by atoms with E-state index in [1.165, 1.54) is 22.3 Å². The van der Waals surface area contributed by atoms with Crippen LogP contribution >= 0.6 is 11.3 Å². The number of nitro groups is 1. The molecule has 1 aliphatic heterocycles. The fourth-order valence-electron chi connectivity index (χ4n) is 2.45. The highest BCUT2D eigenvalue weighted by atomic mass is 32.1. The number of benzene rings is 1. The molecule has 0 fully saturated rings. The van der Waals surface area contributed by atoms with Gasteiger partial charge in [0.1, 0.15) is 18.8 Å². The smallest absolute Gasteiger partial charge is 0.345 e. The zero-order valence-electron chi connectivity index (χ0n) is 14.4. The van der Waals surface area contributed by atoms with Gasteiger partial charge in [0.05, 0.1) is 11.0 Å². The lowest BCUT2D eigenvalue weighted by molar-refractivity contribution is -0.385. The third-order valence-electron chi connectivity index (χ3n) is 3.83. The molecule has 0 saturated carbocycles. The van der Waals surface area contributed by atoms with Crippen molar-refractivity contribution in [2.45, 2.75) is 6.54 Å². The van der Waals surface area contributed by atoms with E-state index in [-0.39, 0.29) is 30.3 Å². The van der Waals surface area contributed by atoms with E-state index in [2.05, 4.69) is 0 Å². The van der Waals surface area contributed by atoms with Gasteiger partial charge in [-0.3, -0.25) is 14.9 Å². The molecular weight excluding hydrogens is 376 g/mol. The molecule has 0 radical (unpaired) electrons. The number of hydrogen-bond acceptors (Lipinski definition) is 8. The Morgan fingerprint density at radius 2 is 2.00 bits per heavy atom. The molecule has 1 amide bonds. The van der Waals surface area contributed by atoms with E-state index in [0.717, 1.165) is 11.6 Å². The third-order valence-corrected chi connectivity index (χ3v) is 4.56. The number of ether oxygens (including phenoxy) is 3. The van der Waals surface area contributed by atoms with Crippen LogP contribution < -0.4 is 9.47 Å². The molecule has 0 spiro atoms. The second-order valence-corrected chi connectivity index (χ2v) is 6.51. The third kappa shape index (κ3) is 4.34. The van der Waals surface area contributed by atoms with Crippen molar-refractivity contribution >= 4 is 28.9 Å². The van der Waals surface area contributed by atoms with Crippen molar-refractivity contribution in [1.82, 2.24) is 4.90 Å². The van der Waals surface area contributed by atoms with Gasteiger partial charge in [0.25, 0.3) is 11.6 Å². The predicted molar refractivity (Wildman–Crippen MR) is 95.2 cm³/mol. The number of carbonyl (C=O) groups excluding carboxylic acids is 2. The summed E-state index contributed by atoms with van der Waals surface area (Å²) < 4.78 is 15.6. The highest BCUT2D eigenvalue weighted by molar-refractivity contribution is 7.07. The molecule has 0 aliphatic carbocycles. The standard InChI is InChI=1S/C17H16N2O7S/c1-18(8-11-2-5-27-10-11)16(20)9-26-17(21)12-6-14-15(25-4-3-24-14)7-13(12)19(22)23/h2,5-7,10H,3-4,8-9H2,1H3. The van der Waals surface area contributed by atoms with Crippen molar-refractivity contribution in [1.29, 1.82) is 0 Å². The molecule has 3 rings (SSSR count). The molecule has 0 N–H and O–H groups in total. The number of rotatable bonds is 6. The first-order valence-electron chi connectivity index (χ1n) is 7.96. The van der Waals surface area contributed by atoms with E-state index in [1.54, 1.807) is 7.05 Å². The molecule has 27 heavy (non-hydrogen) atoms. The number of likely N-dealkylation sites (N-methyl/N-ethyl adjacent to an activating group) is 1. The molecule has 0 atom stereocenters. The molecule has 10 heteroatoms. The quantitative estimate of drug-likeness (QED) is 0.421. The Morgan fingerprint density at radius 3 is 2.63 bits per heavy atom. The van der Waals surface area contributed by atoms with E-state index < -0.39 is 29.1 Å². The molecule has 0 bridgehead atoms. The molecule has 2 heterocycles. The van der Waals surface area contributed by atoms with Gasteiger partial charge in [-0.15, -0.1) is 0 Å².